The maximum absolute atomic E-state index is 13.0. The molecule has 1 aromatic heterocycles. The van der Waals surface area contributed by atoms with Crippen LogP contribution in [0.4, 0.5) is 0 Å². The topological polar surface area (TPSA) is 51.7 Å². The third-order valence-corrected chi connectivity index (χ3v) is 5.94. The van der Waals surface area contributed by atoms with Gasteiger partial charge in [0.1, 0.15) is 5.01 Å². The van der Waals surface area contributed by atoms with Crippen LogP contribution in [0.1, 0.15) is 48.1 Å². The molecule has 6 heteroatoms. The summed E-state index contributed by atoms with van der Waals surface area (Å²) in [7, 11) is 3.39. The van der Waals surface area contributed by atoms with E-state index in [1.165, 1.54) is 0 Å². The zero-order chi connectivity index (χ0) is 20.1. The number of nitrogens with zero attached hydrogens (tertiary/aromatic N) is 2. The highest BCUT2D eigenvalue weighted by Gasteiger charge is 2.23. The molecule has 0 radical (unpaired) electrons. The molecule has 0 spiro atoms. The van der Waals surface area contributed by atoms with Crippen LogP contribution in [-0.4, -0.2) is 36.6 Å². The molecule has 3 aromatic rings. The van der Waals surface area contributed by atoms with E-state index in [4.69, 9.17) is 9.47 Å². The van der Waals surface area contributed by atoms with Gasteiger partial charge in [0.25, 0.3) is 5.91 Å². The molecule has 5 nitrogen and oxygen atoms in total. The number of aromatic nitrogens is 1. The summed E-state index contributed by atoms with van der Waals surface area (Å²) in [4.78, 5) is 19.4. The Kier molecular flexibility index (Phi) is 6.52. The van der Waals surface area contributed by atoms with Gasteiger partial charge in [-0.05, 0) is 43.7 Å². The minimum absolute atomic E-state index is 0.0786. The van der Waals surface area contributed by atoms with Crippen LogP contribution in [0.2, 0.25) is 0 Å². The van der Waals surface area contributed by atoms with Crippen molar-refractivity contribution in [2.24, 2.45) is 0 Å². The minimum Gasteiger partial charge on any atom is -0.493 e. The molecule has 1 heterocycles. The smallest absolute Gasteiger partial charge is 0.254 e. The summed E-state index contributed by atoms with van der Waals surface area (Å²) in [5, 5.41) is 0.920. The van der Waals surface area contributed by atoms with Crippen molar-refractivity contribution in [2.75, 3.05) is 20.8 Å². The van der Waals surface area contributed by atoms with Crippen molar-refractivity contribution in [3.05, 3.63) is 53.0 Å². The zero-order valence-electron chi connectivity index (χ0n) is 16.8. The molecule has 0 aliphatic heterocycles. The quantitative estimate of drug-likeness (QED) is 0.482. The summed E-state index contributed by atoms with van der Waals surface area (Å²) >= 11 is 1.62. The molecule has 1 amide bonds. The lowest BCUT2D eigenvalue weighted by Gasteiger charge is -2.23. The van der Waals surface area contributed by atoms with Crippen molar-refractivity contribution in [2.45, 2.75) is 32.7 Å². The minimum atomic E-state index is -0.128. The van der Waals surface area contributed by atoms with Gasteiger partial charge in [-0.25, -0.2) is 4.98 Å². The average Bonchev–Trinajstić information content (AvgIpc) is 3.16. The monoisotopic (exact) mass is 398 g/mol. The first-order valence-electron chi connectivity index (χ1n) is 9.48. The van der Waals surface area contributed by atoms with E-state index in [-0.39, 0.29) is 11.9 Å². The lowest BCUT2D eigenvalue weighted by molar-refractivity contribution is 0.0742. The number of hydrogen-bond acceptors (Lipinski definition) is 5. The van der Waals surface area contributed by atoms with Crippen LogP contribution in [0.3, 0.4) is 0 Å². The largest absolute Gasteiger partial charge is 0.493 e. The molecule has 0 bridgehead atoms. The number of carbonyl (C=O) groups is 1. The highest BCUT2D eigenvalue weighted by Crippen LogP contribution is 2.32. The molecule has 0 saturated carbocycles. The second kappa shape index (κ2) is 9.06. The summed E-state index contributed by atoms with van der Waals surface area (Å²) in [6, 6.07) is 13.2. The van der Waals surface area contributed by atoms with Crippen LogP contribution < -0.4 is 9.47 Å². The standard InChI is InChI=1S/C22H26N2O3S/c1-5-6-13-27-18-12-11-16(14-19(18)26-4)22(25)24(3)15(2)21-23-17-9-7-8-10-20(17)28-21/h7-12,14-15H,5-6,13H2,1-4H3/t15-/m1/s1. The van der Waals surface area contributed by atoms with Crippen LogP contribution >= 0.6 is 11.3 Å². The molecule has 0 fully saturated rings. The summed E-state index contributed by atoms with van der Waals surface area (Å²) in [5.74, 6) is 1.16. The van der Waals surface area contributed by atoms with Crippen molar-refractivity contribution in [3.8, 4) is 11.5 Å². The van der Waals surface area contributed by atoms with Crippen LogP contribution in [0.15, 0.2) is 42.5 Å². The number of para-hydroxylation sites is 1. The second-order valence-corrected chi connectivity index (χ2v) is 7.74. The fourth-order valence-corrected chi connectivity index (χ4v) is 3.92. The number of carbonyl (C=O) groups excluding carboxylic acids is 1. The molecule has 3 rings (SSSR count). The van der Waals surface area contributed by atoms with Crippen molar-refractivity contribution >= 4 is 27.5 Å². The predicted molar refractivity (Wildman–Crippen MR) is 114 cm³/mol. The molecular formula is C22H26N2O3S. The molecular weight excluding hydrogens is 372 g/mol. The summed E-state index contributed by atoms with van der Waals surface area (Å²) < 4.78 is 12.3. The van der Waals surface area contributed by atoms with Gasteiger partial charge in [0.15, 0.2) is 11.5 Å². The molecule has 1 atom stereocenters. The molecule has 28 heavy (non-hydrogen) atoms. The van der Waals surface area contributed by atoms with Gasteiger partial charge in [-0.1, -0.05) is 25.5 Å². The number of rotatable bonds is 8. The second-order valence-electron chi connectivity index (χ2n) is 6.68. The van der Waals surface area contributed by atoms with E-state index in [1.807, 2.05) is 31.2 Å². The Hall–Kier alpha value is -2.60. The van der Waals surface area contributed by atoms with Gasteiger partial charge < -0.3 is 14.4 Å². The molecule has 0 saturated heterocycles. The molecule has 0 N–H and O–H groups in total. The van der Waals surface area contributed by atoms with E-state index in [1.54, 1.807) is 48.6 Å². The third-order valence-electron chi connectivity index (χ3n) is 4.74. The lowest BCUT2D eigenvalue weighted by atomic mass is 10.1. The van der Waals surface area contributed by atoms with Gasteiger partial charge in [-0.15, -0.1) is 11.3 Å². The number of hydrogen-bond donors (Lipinski definition) is 0. The van der Waals surface area contributed by atoms with Crippen molar-refractivity contribution in [3.63, 3.8) is 0 Å². The molecule has 0 aliphatic carbocycles. The number of thiazole rings is 1. The van der Waals surface area contributed by atoms with Crippen molar-refractivity contribution in [1.82, 2.24) is 9.88 Å². The third kappa shape index (κ3) is 4.28. The van der Waals surface area contributed by atoms with Crippen LogP contribution in [-0.2, 0) is 0 Å². The maximum atomic E-state index is 13.0. The van der Waals surface area contributed by atoms with Crippen LogP contribution in [0.5, 0.6) is 11.5 Å². The van der Waals surface area contributed by atoms with Crippen molar-refractivity contribution < 1.29 is 14.3 Å². The van der Waals surface area contributed by atoms with Crippen LogP contribution in [0.25, 0.3) is 10.2 Å². The first kappa shape index (κ1) is 20.1. The Morgan fingerprint density at radius 1 is 1.21 bits per heavy atom. The molecule has 148 valence electrons. The van der Waals surface area contributed by atoms with Gasteiger partial charge in [0.2, 0.25) is 0 Å². The number of benzene rings is 2. The summed E-state index contributed by atoms with van der Waals surface area (Å²) in [5.41, 5.74) is 1.53. The fraction of sp³-hybridized carbons (Fsp3) is 0.364. The Morgan fingerprint density at radius 3 is 2.71 bits per heavy atom. The van der Waals surface area contributed by atoms with Crippen molar-refractivity contribution in [1.29, 1.82) is 0 Å². The van der Waals surface area contributed by atoms with Gasteiger partial charge >= 0.3 is 0 Å². The van der Waals surface area contributed by atoms with E-state index in [0.717, 1.165) is 28.1 Å². The molecule has 0 unspecified atom stereocenters. The number of ether oxygens (including phenoxy) is 2. The maximum Gasteiger partial charge on any atom is 0.254 e. The highest BCUT2D eigenvalue weighted by molar-refractivity contribution is 7.18. The van der Waals surface area contributed by atoms with Gasteiger partial charge in [0.05, 0.1) is 30.0 Å². The fourth-order valence-electron chi connectivity index (χ4n) is 2.86. The Balaban J connectivity index is 1.78. The van der Waals surface area contributed by atoms with Crippen LogP contribution in [0, 0.1) is 0 Å². The first-order valence-corrected chi connectivity index (χ1v) is 10.3. The lowest BCUT2D eigenvalue weighted by Crippen LogP contribution is -2.29. The molecule has 2 aromatic carbocycles. The zero-order valence-corrected chi connectivity index (χ0v) is 17.6. The average molecular weight is 399 g/mol. The molecule has 0 aliphatic rings. The van der Waals surface area contributed by atoms with E-state index in [0.29, 0.717) is 23.7 Å². The number of amides is 1. The van der Waals surface area contributed by atoms with E-state index in [9.17, 15) is 4.79 Å². The van der Waals surface area contributed by atoms with Gasteiger partial charge in [-0.2, -0.15) is 0 Å². The Labute approximate surface area is 169 Å². The van der Waals surface area contributed by atoms with E-state index in [2.05, 4.69) is 11.9 Å². The summed E-state index contributed by atoms with van der Waals surface area (Å²) in [6.45, 7) is 4.74. The Bertz CT molecular complexity index is 921. The number of methoxy groups -OCH3 is 1. The first-order chi connectivity index (χ1) is 13.5. The van der Waals surface area contributed by atoms with E-state index >= 15 is 0 Å². The number of fused-ring (bicyclic) bond motifs is 1. The van der Waals surface area contributed by atoms with E-state index < -0.39 is 0 Å². The number of unbranched alkanes of at least 4 members (excludes halogenated alkanes) is 1. The van der Waals surface area contributed by atoms with Gasteiger partial charge in [0, 0.05) is 12.6 Å². The SMILES string of the molecule is CCCCOc1ccc(C(=O)N(C)[C@H](C)c2nc3ccccc3s2)cc1OC. The Morgan fingerprint density at radius 2 is 2.00 bits per heavy atom. The highest BCUT2D eigenvalue weighted by atomic mass is 32.1. The van der Waals surface area contributed by atoms with Gasteiger partial charge in [-0.3, -0.25) is 4.79 Å². The summed E-state index contributed by atoms with van der Waals surface area (Å²) in [6.07, 6.45) is 2.04. The predicted octanol–water partition coefficient (Wildman–Crippen LogP) is 5.32. The normalized spacial score (nSPS) is 12.0.